The maximum absolute atomic E-state index is 6.91. The number of rotatable bonds is 11. The van der Waals surface area contributed by atoms with E-state index in [1.165, 1.54) is 36.3 Å². The highest BCUT2D eigenvalue weighted by molar-refractivity contribution is 6.83. The highest BCUT2D eigenvalue weighted by Crippen LogP contribution is 2.32. The first-order valence-electron chi connectivity index (χ1n) is 9.51. The Kier molecular flexibility index (Phi) is 10.0. The van der Waals surface area contributed by atoms with Gasteiger partial charge in [-0.1, -0.05) is 62.3 Å². The topological polar surface area (TPSA) is 18.5 Å². The Bertz CT molecular complexity index is 256. The molecule has 0 aromatic rings. The quantitative estimate of drug-likeness (QED) is 0.402. The highest BCUT2D eigenvalue weighted by Gasteiger charge is 2.39. The van der Waals surface area contributed by atoms with Crippen LogP contribution in [0.15, 0.2) is 0 Å². The minimum Gasteiger partial charge on any atom is -0.438 e. The molecule has 0 aromatic carbocycles. The van der Waals surface area contributed by atoms with E-state index in [1.807, 2.05) is 0 Å². The molecule has 22 heavy (non-hydrogen) atoms. The van der Waals surface area contributed by atoms with Gasteiger partial charge in [-0.3, -0.25) is 0 Å². The second-order valence-corrected chi connectivity index (χ2v) is 20.0. The van der Waals surface area contributed by atoms with Gasteiger partial charge in [0.05, 0.1) is 0 Å². The zero-order valence-electron chi connectivity index (χ0n) is 16.8. The van der Waals surface area contributed by atoms with Crippen LogP contribution >= 0.6 is 0 Å². The number of hydrogen-bond acceptors (Lipinski definition) is 2. The highest BCUT2D eigenvalue weighted by atomic mass is 28.4. The Hall–Kier alpha value is 0.571. The van der Waals surface area contributed by atoms with Gasteiger partial charge in [-0.05, 0) is 47.7 Å². The van der Waals surface area contributed by atoms with Crippen LogP contribution in [0.4, 0.5) is 0 Å². The van der Waals surface area contributed by atoms with Gasteiger partial charge in [0.1, 0.15) is 0 Å². The van der Waals surface area contributed by atoms with E-state index in [0.29, 0.717) is 5.41 Å². The van der Waals surface area contributed by atoms with Crippen LogP contribution in [0.2, 0.25) is 42.3 Å². The van der Waals surface area contributed by atoms with Crippen LogP contribution in [0.5, 0.6) is 0 Å². The average molecular weight is 363 g/mol. The Morgan fingerprint density at radius 1 is 0.636 bits per heavy atom. The van der Waals surface area contributed by atoms with Crippen LogP contribution < -0.4 is 0 Å². The lowest BCUT2D eigenvalue weighted by atomic mass is 10.0. The standard InChI is InChI=1S/C17H42O2Si3/c1-10-21(11-2,12-3)18-20(16-17(7,8)9)19-22(13-4,14-5)15-6/h20H,10-16H2,1-9H3. The smallest absolute Gasteiger partial charge is 0.301 e. The molecule has 0 aliphatic carbocycles. The predicted octanol–water partition coefficient (Wildman–Crippen LogP) is 6.30. The summed E-state index contributed by atoms with van der Waals surface area (Å²) in [5.74, 6) is 0. The van der Waals surface area contributed by atoms with Gasteiger partial charge in [0.2, 0.25) is 0 Å². The molecule has 0 unspecified atom stereocenters. The van der Waals surface area contributed by atoms with Crippen LogP contribution in [0.3, 0.4) is 0 Å². The third kappa shape index (κ3) is 6.99. The van der Waals surface area contributed by atoms with Gasteiger partial charge in [-0.25, -0.2) is 0 Å². The summed E-state index contributed by atoms with van der Waals surface area (Å²) in [6.45, 7) is 21.0. The third-order valence-electron chi connectivity index (χ3n) is 5.41. The van der Waals surface area contributed by atoms with Crippen LogP contribution in [-0.4, -0.2) is 25.9 Å². The first-order chi connectivity index (χ1) is 10.1. The van der Waals surface area contributed by atoms with Gasteiger partial charge < -0.3 is 8.23 Å². The van der Waals surface area contributed by atoms with Gasteiger partial charge in [0.25, 0.3) is 0 Å². The predicted molar refractivity (Wildman–Crippen MR) is 108 cm³/mol. The Morgan fingerprint density at radius 3 is 1.09 bits per heavy atom. The van der Waals surface area contributed by atoms with Gasteiger partial charge in [0, 0.05) is 0 Å². The van der Waals surface area contributed by atoms with Crippen molar-refractivity contribution >= 4 is 25.9 Å². The Balaban J connectivity index is 5.28. The third-order valence-corrected chi connectivity index (χ3v) is 20.8. The van der Waals surface area contributed by atoms with E-state index in [0.717, 1.165) is 6.04 Å². The molecule has 0 amide bonds. The van der Waals surface area contributed by atoms with Crippen molar-refractivity contribution in [2.75, 3.05) is 0 Å². The van der Waals surface area contributed by atoms with Gasteiger partial charge in [-0.15, -0.1) is 0 Å². The zero-order chi connectivity index (χ0) is 17.4. The fourth-order valence-corrected chi connectivity index (χ4v) is 16.9. The lowest BCUT2D eigenvalue weighted by Crippen LogP contribution is -2.50. The lowest BCUT2D eigenvalue weighted by molar-refractivity contribution is 0.355. The van der Waals surface area contributed by atoms with Gasteiger partial charge >= 0.3 is 9.28 Å². The lowest BCUT2D eigenvalue weighted by Gasteiger charge is -2.40. The van der Waals surface area contributed by atoms with Crippen molar-refractivity contribution in [2.45, 2.75) is 105 Å². The summed E-state index contributed by atoms with van der Waals surface area (Å²) in [5, 5.41) is 0. The molecule has 0 radical (unpaired) electrons. The van der Waals surface area contributed by atoms with Crippen molar-refractivity contribution < 1.29 is 8.23 Å². The maximum atomic E-state index is 6.91. The first-order valence-corrected chi connectivity index (χ1v) is 16.3. The molecule has 0 spiro atoms. The monoisotopic (exact) mass is 362 g/mol. The normalized spacial score (nSPS) is 13.9. The van der Waals surface area contributed by atoms with E-state index in [4.69, 9.17) is 8.23 Å². The van der Waals surface area contributed by atoms with Crippen molar-refractivity contribution in [3.8, 4) is 0 Å². The zero-order valence-corrected chi connectivity index (χ0v) is 20.0. The molecule has 0 fully saturated rings. The average Bonchev–Trinajstić information content (AvgIpc) is 2.49. The van der Waals surface area contributed by atoms with Gasteiger partial charge in [-0.2, -0.15) is 0 Å². The van der Waals surface area contributed by atoms with Gasteiger partial charge in [0.15, 0.2) is 16.6 Å². The maximum Gasteiger partial charge on any atom is 0.301 e. The van der Waals surface area contributed by atoms with Crippen molar-refractivity contribution in [2.24, 2.45) is 5.41 Å². The molecule has 0 aromatic heterocycles. The fourth-order valence-electron chi connectivity index (χ4n) is 3.17. The van der Waals surface area contributed by atoms with Crippen molar-refractivity contribution in [3.05, 3.63) is 0 Å². The van der Waals surface area contributed by atoms with E-state index in [2.05, 4.69) is 62.3 Å². The molecule has 0 saturated carbocycles. The van der Waals surface area contributed by atoms with Crippen LogP contribution in [-0.2, 0) is 8.23 Å². The molecular formula is C17H42O2Si3. The summed E-state index contributed by atoms with van der Waals surface area (Å²) in [5.41, 5.74) is 0.307. The minimum atomic E-state index is -1.59. The summed E-state index contributed by atoms with van der Waals surface area (Å²) in [6, 6.07) is 8.54. The molecule has 134 valence electrons. The first kappa shape index (κ1) is 22.6. The molecule has 5 heteroatoms. The van der Waals surface area contributed by atoms with E-state index >= 15 is 0 Å². The second kappa shape index (κ2) is 9.77. The summed E-state index contributed by atoms with van der Waals surface area (Å²) in [6.07, 6.45) is 0. The van der Waals surface area contributed by atoms with E-state index in [1.54, 1.807) is 0 Å². The van der Waals surface area contributed by atoms with Crippen molar-refractivity contribution in [1.29, 1.82) is 0 Å². The molecule has 2 nitrogen and oxygen atoms in total. The largest absolute Gasteiger partial charge is 0.438 e. The molecule has 0 aliphatic heterocycles. The fraction of sp³-hybridized carbons (Fsp3) is 1.00. The summed E-state index contributed by atoms with van der Waals surface area (Å²) in [7, 11) is -4.71. The number of hydrogen-bond donors (Lipinski definition) is 0. The van der Waals surface area contributed by atoms with Crippen molar-refractivity contribution in [3.63, 3.8) is 0 Å². The molecule has 0 saturated heterocycles. The van der Waals surface area contributed by atoms with E-state index < -0.39 is 25.9 Å². The molecule has 0 heterocycles. The molecular weight excluding hydrogens is 320 g/mol. The molecule has 0 aliphatic rings. The summed E-state index contributed by atoms with van der Waals surface area (Å²) in [4.78, 5) is 0. The Labute approximate surface area is 144 Å². The second-order valence-electron chi connectivity index (χ2n) is 7.92. The molecule has 0 bridgehead atoms. The SMILES string of the molecule is CC[Si](CC)(CC)O[SiH](CC(C)(C)C)O[Si](CC)(CC)CC. The molecule has 0 N–H and O–H groups in total. The molecule has 0 rings (SSSR count). The summed E-state index contributed by atoms with van der Waals surface area (Å²) < 4.78 is 13.8. The summed E-state index contributed by atoms with van der Waals surface area (Å²) >= 11 is 0. The van der Waals surface area contributed by atoms with Crippen LogP contribution in [0.25, 0.3) is 0 Å². The van der Waals surface area contributed by atoms with E-state index in [-0.39, 0.29) is 0 Å². The van der Waals surface area contributed by atoms with Crippen molar-refractivity contribution in [1.82, 2.24) is 0 Å². The van der Waals surface area contributed by atoms with Crippen LogP contribution in [0.1, 0.15) is 62.3 Å². The van der Waals surface area contributed by atoms with Crippen LogP contribution in [0, 0.1) is 5.41 Å². The minimum absolute atomic E-state index is 0.307. The Morgan fingerprint density at radius 2 is 0.909 bits per heavy atom. The molecule has 0 atom stereocenters. The van der Waals surface area contributed by atoms with E-state index in [9.17, 15) is 0 Å².